The third-order valence-electron chi connectivity index (χ3n) is 4.49. The number of cyclic esters (lactones) is 1. The van der Waals surface area contributed by atoms with Crippen molar-refractivity contribution in [1.82, 2.24) is 0 Å². The zero-order valence-electron chi connectivity index (χ0n) is 15.1. The maximum atomic E-state index is 12.7. The number of benzene rings is 2. The van der Waals surface area contributed by atoms with Crippen molar-refractivity contribution in [3.05, 3.63) is 52.1 Å². The van der Waals surface area contributed by atoms with Gasteiger partial charge >= 0.3 is 5.97 Å². The number of carbonyl (C=O) groups is 2. The average Bonchev–Trinajstić information content (AvgIpc) is 2.89. The second-order valence-corrected chi connectivity index (χ2v) is 6.26. The summed E-state index contributed by atoms with van der Waals surface area (Å²) in [6.45, 7) is 3.61. The number of ketones is 1. The van der Waals surface area contributed by atoms with Crippen molar-refractivity contribution in [3.8, 4) is 17.2 Å². The molecule has 136 valence electrons. The van der Waals surface area contributed by atoms with Crippen LogP contribution in [-0.4, -0.2) is 31.1 Å². The topological polar surface area (TPSA) is 82.1 Å². The standard InChI is InChI=1S/C20H20O6/c1-10-7-11(2)17(13(21)8-10)14(22)9-16-12-5-6-15(24-3)19(25-4)18(12)20(23)26-16/h5-8,16,21H,9H2,1-4H3. The third-order valence-corrected chi connectivity index (χ3v) is 4.49. The van der Waals surface area contributed by atoms with Crippen LogP contribution in [0, 0.1) is 13.8 Å². The van der Waals surface area contributed by atoms with Crippen LogP contribution in [0.4, 0.5) is 0 Å². The van der Waals surface area contributed by atoms with Crippen LogP contribution < -0.4 is 9.47 Å². The zero-order valence-corrected chi connectivity index (χ0v) is 15.1. The number of carbonyl (C=O) groups excluding carboxylic acids is 2. The molecular weight excluding hydrogens is 336 g/mol. The molecule has 1 aliphatic heterocycles. The monoisotopic (exact) mass is 356 g/mol. The normalized spacial score (nSPS) is 15.4. The molecule has 6 heteroatoms. The maximum absolute atomic E-state index is 12.7. The number of Topliss-reactive ketones (excluding diaryl/α,β-unsaturated/α-hetero) is 1. The third kappa shape index (κ3) is 2.87. The van der Waals surface area contributed by atoms with Crippen molar-refractivity contribution in [2.24, 2.45) is 0 Å². The molecule has 3 rings (SSSR count). The molecule has 1 N–H and O–H groups in total. The molecule has 26 heavy (non-hydrogen) atoms. The Bertz CT molecular complexity index is 876. The summed E-state index contributed by atoms with van der Waals surface area (Å²) in [5, 5.41) is 10.1. The lowest BCUT2D eigenvalue weighted by molar-refractivity contribution is 0.0365. The van der Waals surface area contributed by atoms with E-state index >= 15 is 0 Å². The molecule has 1 heterocycles. The maximum Gasteiger partial charge on any atom is 0.343 e. The molecule has 0 radical (unpaired) electrons. The first-order valence-corrected chi connectivity index (χ1v) is 8.16. The van der Waals surface area contributed by atoms with Crippen LogP contribution >= 0.6 is 0 Å². The minimum atomic E-state index is -0.732. The molecule has 1 unspecified atom stereocenters. The number of hydrogen-bond acceptors (Lipinski definition) is 6. The summed E-state index contributed by atoms with van der Waals surface area (Å²) in [5.74, 6) is -0.204. The van der Waals surface area contributed by atoms with Gasteiger partial charge in [-0.2, -0.15) is 0 Å². The predicted molar refractivity (Wildman–Crippen MR) is 94.2 cm³/mol. The molecule has 0 amide bonds. The fourth-order valence-electron chi connectivity index (χ4n) is 3.40. The Balaban J connectivity index is 1.95. The quantitative estimate of drug-likeness (QED) is 0.652. The lowest BCUT2D eigenvalue weighted by Gasteiger charge is -2.14. The summed E-state index contributed by atoms with van der Waals surface area (Å²) in [4.78, 5) is 25.0. The summed E-state index contributed by atoms with van der Waals surface area (Å²) < 4.78 is 15.9. The first-order valence-electron chi connectivity index (χ1n) is 8.16. The SMILES string of the molecule is COc1ccc2c(c1OC)C(=O)OC2CC(=O)c1c(C)cc(C)cc1O. The molecule has 6 nitrogen and oxygen atoms in total. The van der Waals surface area contributed by atoms with E-state index in [1.54, 1.807) is 25.1 Å². The lowest BCUT2D eigenvalue weighted by atomic mass is 9.94. The number of aromatic hydroxyl groups is 1. The van der Waals surface area contributed by atoms with Crippen molar-refractivity contribution < 1.29 is 28.9 Å². The highest BCUT2D eigenvalue weighted by molar-refractivity contribution is 6.02. The summed E-state index contributed by atoms with van der Waals surface area (Å²) >= 11 is 0. The molecule has 0 saturated heterocycles. The number of phenolic OH excluding ortho intramolecular Hbond substituents is 1. The Hall–Kier alpha value is -3.02. The van der Waals surface area contributed by atoms with Crippen molar-refractivity contribution in [2.45, 2.75) is 26.4 Å². The average molecular weight is 356 g/mol. The second-order valence-electron chi connectivity index (χ2n) is 6.26. The predicted octanol–water partition coefficient (Wildman–Crippen LogP) is 3.51. The molecule has 0 aliphatic carbocycles. The number of methoxy groups -OCH3 is 2. The Labute approximate surface area is 151 Å². The van der Waals surface area contributed by atoms with Gasteiger partial charge in [0.15, 0.2) is 17.3 Å². The highest BCUT2D eigenvalue weighted by Crippen LogP contribution is 2.43. The van der Waals surface area contributed by atoms with Gasteiger partial charge < -0.3 is 19.3 Å². The molecule has 2 aromatic carbocycles. The molecule has 0 bridgehead atoms. The first-order chi connectivity index (χ1) is 12.4. The van der Waals surface area contributed by atoms with Gasteiger partial charge in [0.05, 0.1) is 26.2 Å². The number of aryl methyl sites for hydroxylation is 2. The summed E-state index contributed by atoms with van der Waals surface area (Å²) in [6, 6.07) is 6.74. The Morgan fingerprint density at radius 1 is 1.19 bits per heavy atom. The fraction of sp³-hybridized carbons (Fsp3) is 0.300. The summed E-state index contributed by atoms with van der Waals surface area (Å²) in [6.07, 6.45) is -0.795. The summed E-state index contributed by atoms with van der Waals surface area (Å²) in [5.41, 5.74) is 2.65. The van der Waals surface area contributed by atoms with E-state index in [1.807, 2.05) is 13.0 Å². The summed E-state index contributed by atoms with van der Waals surface area (Å²) in [7, 11) is 2.92. The van der Waals surface area contributed by atoms with Gasteiger partial charge in [-0.15, -0.1) is 0 Å². The van der Waals surface area contributed by atoms with Crippen LogP contribution in [0.5, 0.6) is 17.2 Å². The molecule has 0 spiro atoms. The highest BCUT2D eigenvalue weighted by Gasteiger charge is 2.37. The van der Waals surface area contributed by atoms with Crippen molar-refractivity contribution in [3.63, 3.8) is 0 Å². The van der Waals surface area contributed by atoms with E-state index in [-0.39, 0.29) is 29.1 Å². The molecular formula is C20H20O6. The van der Waals surface area contributed by atoms with Gasteiger partial charge in [0.1, 0.15) is 17.4 Å². The zero-order chi connectivity index (χ0) is 19.0. The fourth-order valence-corrected chi connectivity index (χ4v) is 3.40. The lowest BCUT2D eigenvalue weighted by Crippen LogP contribution is -2.09. The van der Waals surface area contributed by atoms with Gasteiger partial charge in [-0.25, -0.2) is 4.79 Å². The second kappa shape index (κ2) is 6.71. The number of ether oxygens (including phenoxy) is 3. The minimum absolute atomic E-state index is 0.0638. The first kappa shape index (κ1) is 17.8. The van der Waals surface area contributed by atoms with Crippen LogP contribution in [0.15, 0.2) is 24.3 Å². The number of phenols is 1. The van der Waals surface area contributed by atoms with Gasteiger partial charge in [0.2, 0.25) is 0 Å². The van der Waals surface area contributed by atoms with Gasteiger partial charge in [0, 0.05) is 5.56 Å². The number of fused-ring (bicyclic) bond motifs is 1. The number of esters is 1. The van der Waals surface area contributed by atoms with Crippen molar-refractivity contribution >= 4 is 11.8 Å². The van der Waals surface area contributed by atoms with Crippen LogP contribution in [0.2, 0.25) is 0 Å². The van der Waals surface area contributed by atoms with E-state index < -0.39 is 12.1 Å². The van der Waals surface area contributed by atoms with E-state index in [9.17, 15) is 14.7 Å². The molecule has 1 atom stereocenters. The molecule has 0 fully saturated rings. The molecule has 1 aliphatic rings. The minimum Gasteiger partial charge on any atom is -0.507 e. The van der Waals surface area contributed by atoms with Crippen LogP contribution in [0.25, 0.3) is 0 Å². The van der Waals surface area contributed by atoms with Gasteiger partial charge in [0.25, 0.3) is 0 Å². The number of rotatable bonds is 5. The highest BCUT2D eigenvalue weighted by atomic mass is 16.6. The van der Waals surface area contributed by atoms with E-state index in [0.29, 0.717) is 22.6 Å². The molecule has 0 aromatic heterocycles. The molecule has 2 aromatic rings. The smallest absolute Gasteiger partial charge is 0.343 e. The van der Waals surface area contributed by atoms with Crippen LogP contribution in [0.3, 0.4) is 0 Å². The van der Waals surface area contributed by atoms with Crippen molar-refractivity contribution in [1.29, 1.82) is 0 Å². The van der Waals surface area contributed by atoms with E-state index in [4.69, 9.17) is 14.2 Å². The van der Waals surface area contributed by atoms with Gasteiger partial charge in [-0.3, -0.25) is 4.79 Å². The van der Waals surface area contributed by atoms with Crippen LogP contribution in [0.1, 0.15) is 49.9 Å². The van der Waals surface area contributed by atoms with E-state index in [0.717, 1.165) is 5.56 Å². The Kier molecular flexibility index (Phi) is 4.59. The Morgan fingerprint density at radius 3 is 2.54 bits per heavy atom. The van der Waals surface area contributed by atoms with Gasteiger partial charge in [-0.1, -0.05) is 12.1 Å². The van der Waals surface area contributed by atoms with E-state index in [2.05, 4.69) is 0 Å². The number of hydrogen-bond donors (Lipinski definition) is 1. The molecule has 0 saturated carbocycles. The van der Waals surface area contributed by atoms with Crippen LogP contribution in [-0.2, 0) is 4.74 Å². The Morgan fingerprint density at radius 2 is 1.92 bits per heavy atom. The van der Waals surface area contributed by atoms with E-state index in [1.165, 1.54) is 14.2 Å². The largest absolute Gasteiger partial charge is 0.507 e. The van der Waals surface area contributed by atoms with Gasteiger partial charge in [-0.05, 0) is 37.1 Å². The van der Waals surface area contributed by atoms with Crippen molar-refractivity contribution in [2.75, 3.05) is 14.2 Å².